The first kappa shape index (κ1) is 16.8. The Hall–Kier alpha value is -0.240. The number of hydrogen-bond acceptors (Lipinski definition) is 4. The van der Waals surface area contributed by atoms with Crippen LogP contribution >= 0.6 is 11.8 Å². The fraction of sp³-hybridized carbons (Fsp3) is 0.923. The molecule has 4 atom stereocenters. The number of nitrogens with one attached hydrogen (secondary N) is 1. The number of rotatable bonds is 8. The van der Waals surface area contributed by atoms with Gasteiger partial charge in [0.2, 0.25) is 0 Å². The van der Waals surface area contributed by atoms with E-state index in [2.05, 4.69) is 25.2 Å². The van der Waals surface area contributed by atoms with Gasteiger partial charge in [-0.15, -0.1) is 0 Å². The molecule has 4 unspecified atom stereocenters. The zero-order valence-electron chi connectivity index (χ0n) is 11.7. The van der Waals surface area contributed by atoms with Crippen LogP contribution in [0.3, 0.4) is 0 Å². The van der Waals surface area contributed by atoms with Crippen molar-refractivity contribution in [2.75, 3.05) is 6.54 Å². The molecule has 0 rings (SSSR count). The Morgan fingerprint density at radius 3 is 2.41 bits per heavy atom. The van der Waals surface area contributed by atoms with Crippen molar-refractivity contribution in [3.05, 3.63) is 0 Å². The van der Waals surface area contributed by atoms with Crippen molar-refractivity contribution in [3.8, 4) is 6.07 Å². The lowest BCUT2D eigenvalue weighted by atomic mass is 9.98. The van der Waals surface area contributed by atoms with Crippen LogP contribution in [0, 0.1) is 11.3 Å². The average molecular weight is 258 g/mol. The molecule has 2 N–H and O–H groups in total. The van der Waals surface area contributed by atoms with E-state index in [9.17, 15) is 10.4 Å². The van der Waals surface area contributed by atoms with Crippen molar-refractivity contribution >= 4 is 11.8 Å². The molecule has 4 heteroatoms. The van der Waals surface area contributed by atoms with Gasteiger partial charge in [0, 0.05) is 10.5 Å². The first-order valence-electron chi connectivity index (χ1n) is 6.34. The first-order chi connectivity index (χ1) is 7.84. The van der Waals surface area contributed by atoms with Gasteiger partial charge in [0.05, 0.1) is 12.2 Å². The van der Waals surface area contributed by atoms with Crippen LogP contribution in [0.2, 0.25) is 0 Å². The van der Waals surface area contributed by atoms with Gasteiger partial charge in [-0.1, -0.05) is 20.8 Å². The summed E-state index contributed by atoms with van der Waals surface area (Å²) in [5.41, 5.74) is -0.457. The van der Waals surface area contributed by atoms with E-state index in [1.54, 1.807) is 11.8 Å². The highest BCUT2D eigenvalue weighted by molar-refractivity contribution is 8.00. The highest BCUT2D eigenvalue weighted by Gasteiger charge is 2.27. The molecule has 0 radical (unpaired) electrons. The molecule has 0 fully saturated rings. The second kappa shape index (κ2) is 7.97. The predicted molar refractivity (Wildman–Crippen MR) is 75.1 cm³/mol. The van der Waals surface area contributed by atoms with E-state index in [1.807, 2.05) is 20.8 Å². The highest BCUT2D eigenvalue weighted by Crippen LogP contribution is 2.26. The lowest BCUT2D eigenvalue weighted by Crippen LogP contribution is -2.43. The fourth-order valence-electron chi connectivity index (χ4n) is 1.66. The molecule has 0 spiro atoms. The van der Waals surface area contributed by atoms with Crippen LogP contribution in [-0.4, -0.2) is 33.8 Å². The van der Waals surface area contributed by atoms with E-state index in [4.69, 9.17) is 0 Å². The van der Waals surface area contributed by atoms with Crippen LogP contribution in [0.25, 0.3) is 0 Å². The number of thioether (sulfide) groups is 1. The normalized spacial score (nSPS) is 20.1. The average Bonchev–Trinajstić information content (AvgIpc) is 2.26. The van der Waals surface area contributed by atoms with Crippen LogP contribution < -0.4 is 5.32 Å². The van der Waals surface area contributed by atoms with Crippen molar-refractivity contribution in [1.29, 1.82) is 5.26 Å². The molecule has 0 heterocycles. The van der Waals surface area contributed by atoms with Gasteiger partial charge in [-0.05, 0) is 33.2 Å². The van der Waals surface area contributed by atoms with Crippen LogP contribution in [0.15, 0.2) is 0 Å². The van der Waals surface area contributed by atoms with E-state index in [-0.39, 0.29) is 11.4 Å². The largest absolute Gasteiger partial charge is 0.392 e. The van der Waals surface area contributed by atoms with E-state index in [1.165, 1.54) is 0 Å². The lowest BCUT2D eigenvalue weighted by Gasteiger charge is -2.28. The number of aliphatic hydroxyl groups excluding tert-OH is 1. The van der Waals surface area contributed by atoms with Crippen molar-refractivity contribution in [2.24, 2.45) is 0 Å². The third-order valence-corrected chi connectivity index (χ3v) is 4.29. The van der Waals surface area contributed by atoms with E-state index in [0.717, 1.165) is 19.4 Å². The third kappa shape index (κ3) is 6.92. The molecule has 0 aromatic rings. The monoisotopic (exact) mass is 258 g/mol. The van der Waals surface area contributed by atoms with Crippen LogP contribution in [0.5, 0.6) is 0 Å². The highest BCUT2D eigenvalue weighted by atomic mass is 32.2. The molecular formula is C13H26N2OS. The fourth-order valence-corrected chi connectivity index (χ4v) is 3.05. The Labute approximate surface area is 110 Å². The molecule has 0 aromatic heterocycles. The molecule has 3 nitrogen and oxygen atoms in total. The Bertz CT molecular complexity index is 252. The Balaban J connectivity index is 4.23. The van der Waals surface area contributed by atoms with Crippen molar-refractivity contribution in [2.45, 2.75) is 69.6 Å². The molecule has 17 heavy (non-hydrogen) atoms. The van der Waals surface area contributed by atoms with Crippen molar-refractivity contribution in [1.82, 2.24) is 5.32 Å². The van der Waals surface area contributed by atoms with Gasteiger partial charge in [0.15, 0.2) is 0 Å². The van der Waals surface area contributed by atoms with Crippen LogP contribution in [0.1, 0.15) is 47.5 Å². The smallest absolute Gasteiger partial charge is 0.104 e. The minimum Gasteiger partial charge on any atom is -0.392 e. The van der Waals surface area contributed by atoms with E-state index >= 15 is 0 Å². The predicted octanol–water partition coefficient (Wildman–Crippen LogP) is 2.55. The summed E-state index contributed by atoms with van der Waals surface area (Å²) in [4.78, 5) is 0. The van der Waals surface area contributed by atoms with E-state index in [0.29, 0.717) is 5.25 Å². The van der Waals surface area contributed by atoms with Crippen molar-refractivity contribution in [3.63, 3.8) is 0 Å². The summed E-state index contributed by atoms with van der Waals surface area (Å²) < 4.78 is 0. The molecule has 0 aliphatic carbocycles. The topological polar surface area (TPSA) is 56.0 Å². The van der Waals surface area contributed by atoms with Gasteiger partial charge < -0.3 is 5.11 Å². The second-order valence-corrected chi connectivity index (χ2v) is 6.79. The number of aliphatic hydroxyl groups is 1. The molecule has 0 saturated heterocycles. The maximum Gasteiger partial charge on any atom is 0.104 e. The summed E-state index contributed by atoms with van der Waals surface area (Å²) in [7, 11) is 0. The maximum atomic E-state index is 9.47. The quantitative estimate of drug-likeness (QED) is 0.702. The Morgan fingerprint density at radius 1 is 1.41 bits per heavy atom. The Morgan fingerprint density at radius 2 is 2.00 bits per heavy atom. The summed E-state index contributed by atoms with van der Waals surface area (Å²) >= 11 is 1.74. The summed E-state index contributed by atoms with van der Waals surface area (Å²) in [5, 5.41) is 22.6. The zero-order chi connectivity index (χ0) is 13.5. The molecule has 0 aromatic carbocycles. The standard InChI is InChI=1S/C13H26N2OS/c1-6-7-15-13(5,9-14)8-10(2)17-12(4)11(3)16/h10-12,15-16H,6-8H2,1-5H3. The maximum absolute atomic E-state index is 9.47. The van der Waals surface area contributed by atoms with Gasteiger partial charge in [0.25, 0.3) is 0 Å². The number of nitriles is 1. The molecule has 0 amide bonds. The van der Waals surface area contributed by atoms with Gasteiger partial charge >= 0.3 is 0 Å². The van der Waals surface area contributed by atoms with E-state index < -0.39 is 5.54 Å². The minimum atomic E-state index is -0.457. The molecule has 0 bridgehead atoms. The van der Waals surface area contributed by atoms with Crippen LogP contribution in [-0.2, 0) is 0 Å². The number of hydrogen-bond donors (Lipinski definition) is 2. The van der Waals surface area contributed by atoms with Crippen molar-refractivity contribution < 1.29 is 5.11 Å². The van der Waals surface area contributed by atoms with Crippen LogP contribution in [0.4, 0.5) is 0 Å². The molecular weight excluding hydrogens is 232 g/mol. The molecule has 0 aliphatic heterocycles. The minimum absolute atomic E-state index is 0.208. The van der Waals surface area contributed by atoms with Gasteiger partial charge in [-0.25, -0.2) is 0 Å². The summed E-state index contributed by atoms with van der Waals surface area (Å²) in [6.45, 7) is 10.9. The summed E-state index contributed by atoms with van der Waals surface area (Å²) in [5.74, 6) is 0. The Kier molecular flexibility index (Phi) is 7.85. The zero-order valence-corrected chi connectivity index (χ0v) is 12.5. The third-order valence-electron chi connectivity index (χ3n) is 2.83. The summed E-state index contributed by atoms with van der Waals surface area (Å²) in [6, 6.07) is 2.36. The number of nitrogens with zero attached hydrogens (tertiary/aromatic N) is 1. The van der Waals surface area contributed by atoms with Gasteiger partial charge in [-0.3, -0.25) is 5.32 Å². The van der Waals surface area contributed by atoms with Gasteiger partial charge in [0.1, 0.15) is 5.54 Å². The lowest BCUT2D eigenvalue weighted by molar-refractivity contribution is 0.196. The molecule has 0 saturated carbocycles. The second-order valence-electron chi connectivity index (χ2n) is 4.97. The molecule has 100 valence electrons. The first-order valence-corrected chi connectivity index (χ1v) is 7.28. The van der Waals surface area contributed by atoms with Gasteiger partial charge in [-0.2, -0.15) is 17.0 Å². The summed E-state index contributed by atoms with van der Waals surface area (Å²) in [6.07, 6.45) is 1.52. The SMILES string of the molecule is CCCNC(C)(C#N)CC(C)SC(C)C(C)O. The molecule has 0 aliphatic rings.